The lowest BCUT2D eigenvalue weighted by Gasteiger charge is -2.47. The zero-order valence-corrected chi connectivity index (χ0v) is 23.9. The van der Waals surface area contributed by atoms with Crippen LogP contribution in [0.3, 0.4) is 0 Å². The Balaban J connectivity index is 0.994. The third kappa shape index (κ3) is 6.30. The number of alkyl halides is 3. The zero-order valence-electron chi connectivity index (χ0n) is 23.9. The summed E-state index contributed by atoms with van der Waals surface area (Å²) >= 11 is 0. The van der Waals surface area contributed by atoms with Crippen molar-refractivity contribution in [3.05, 3.63) is 54.1 Å². The van der Waals surface area contributed by atoms with Crippen molar-refractivity contribution < 1.29 is 27.4 Å². The zero-order chi connectivity index (χ0) is 28.7. The van der Waals surface area contributed by atoms with Gasteiger partial charge in [-0.05, 0) is 72.6 Å². The molecule has 9 heteroatoms. The van der Waals surface area contributed by atoms with Gasteiger partial charge in [-0.15, -0.1) is 13.2 Å². The lowest BCUT2D eigenvalue weighted by Crippen LogP contribution is -2.57. The molecule has 0 aromatic heterocycles. The summed E-state index contributed by atoms with van der Waals surface area (Å²) in [4.78, 5) is 20.0. The lowest BCUT2D eigenvalue weighted by molar-refractivity contribution is -0.274. The van der Waals surface area contributed by atoms with Crippen LogP contribution in [-0.4, -0.2) is 66.4 Å². The number of nitrogens with zero attached hydrogens (tertiary/aromatic N) is 3. The van der Waals surface area contributed by atoms with Crippen molar-refractivity contribution in [1.29, 1.82) is 0 Å². The van der Waals surface area contributed by atoms with Gasteiger partial charge >= 0.3 is 6.36 Å². The van der Waals surface area contributed by atoms with E-state index < -0.39 is 6.36 Å². The summed E-state index contributed by atoms with van der Waals surface area (Å²) < 4.78 is 47.1. The maximum atomic E-state index is 12.8. The summed E-state index contributed by atoms with van der Waals surface area (Å²) in [5, 5.41) is 0. The standard InChI is InChI=1S/C32H40F3N3O3/c1-21(2)29-17-24-20-36(19-23-5-12-30(39)38(29)31(23)24)18-22-3-6-25(7-4-22)37-15-13-27(14-16-37)40-26-8-10-28(11-9-26)41-32(33,34)35/h3-4,6-11,21,23-24,27,29,31H,5,12-20H2,1-2H3/t23-,24?,29-,31?/m1/s1. The van der Waals surface area contributed by atoms with Gasteiger partial charge in [-0.1, -0.05) is 26.0 Å². The first-order valence-electron chi connectivity index (χ1n) is 15.0. The van der Waals surface area contributed by atoms with Gasteiger partial charge < -0.3 is 19.3 Å². The predicted molar refractivity (Wildman–Crippen MR) is 151 cm³/mol. The monoisotopic (exact) mass is 571 g/mol. The van der Waals surface area contributed by atoms with E-state index in [1.165, 1.54) is 35.5 Å². The van der Waals surface area contributed by atoms with E-state index in [-0.39, 0.29) is 11.9 Å². The van der Waals surface area contributed by atoms with E-state index in [1.54, 1.807) is 0 Å². The number of halogens is 3. The molecule has 4 fully saturated rings. The highest BCUT2D eigenvalue weighted by Crippen LogP contribution is 2.45. The fraction of sp³-hybridized carbons (Fsp3) is 0.594. The summed E-state index contributed by atoms with van der Waals surface area (Å²) in [6.07, 6.45) is -0.123. The molecule has 2 aromatic carbocycles. The molecule has 4 heterocycles. The van der Waals surface area contributed by atoms with Gasteiger partial charge in [0.1, 0.15) is 17.6 Å². The predicted octanol–water partition coefficient (Wildman–Crippen LogP) is 6.10. The average molecular weight is 572 g/mol. The molecular weight excluding hydrogens is 531 g/mol. The molecule has 222 valence electrons. The first-order chi connectivity index (χ1) is 19.6. The van der Waals surface area contributed by atoms with E-state index >= 15 is 0 Å². The van der Waals surface area contributed by atoms with Crippen molar-refractivity contribution in [1.82, 2.24) is 9.80 Å². The minimum atomic E-state index is -4.70. The third-order valence-corrected chi connectivity index (χ3v) is 9.47. The second-order valence-corrected chi connectivity index (χ2v) is 12.6. The first kappa shape index (κ1) is 28.2. The highest BCUT2D eigenvalue weighted by molar-refractivity contribution is 5.78. The third-order valence-electron chi connectivity index (χ3n) is 9.47. The van der Waals surface area contributed by atoms with Crippen LogP contribution in [0.25, 0.3) is 0 Å². The quantitative estimate of drug-likeness (QED) is 0.402. The second-order valence-electron chi connectivity index (χ2n) is 12.6. The van der Waals surface area contributed by atoms with E-state index in [2.05, 4.69) is 57.5 Å². The van der Waals surface area contributed by atoms with Crippen molar-refractivity contribution in [2.24, 2.45) is 17.8 Å². The van der Waals surface area contributed by atoms with Crippen molar-refractivity contribution >= 4 is 11.6 Å². The highest BCUT2D eigenvalue weighted by atomic mass is 19.4. The number of hydrogen-bond donors (Lipinski definition) is 0. The Morgan fingerprint density at radius 1 is 0.902 bits per heavy atom. The number of likely N-dealkylation sites (tertiary alicyclic amines) is 1. The van der Waals surface area contributed by atoms with Crippen molar-refractivity contribution in [3.8, 4) is 11.5 Å². The number of rotatable bonds is 7. The van der Waals surface area contributed by atoms with E-state index in [1.807, 2.05) is 0 Å². The van der Waals surface area contributed by atoms with Crippen LogP contribution in [0, 0.1) is 17.8 Å². The number of piperidine rings is 3. The van der Waals surface area contributed by atoms with Crippen LogP contribution < -0.4 is 14.4 Å². The summed E-state index contributed by atoms with van der Waals surface area (Å²) in [7, 11) is 0. The van der Waals surface area contributed by atoms with Crippen LogP contribution in [0.4, 0.5) is 18.9 Å². The molecule has 4 saturated heterocycles. The Bertz CT molecular complexity index is 1200. The van der Waals surface area contributed by atoms with Crippen LogP contribution in [-0.2, 0) is 11.3 Å². The van der Waals surface area contributed by atoms with Gasteiger partial charge in [-0.2, -0.15) is 0 Å². The Hall–Kier alpha value is -2.94. The largest absolute Gasteiger partial charge is 0.573 e. The van der Waals surface area contributed by atoms with Gasteiger partial charge in [0.2, 0.25) is 5.91 Å². The number of anilines is 1. The normalized spacial score (nSPS) is 27.3. The summed E-state index contributed by atoms with van der Waals surface area (Å²) in [6.45, 7) is 9.33. The number of ether oxygens (including phenoxy) is 2. The summed E-state index contributed by atoms with van der Waals surface area (Å²) in [5.41, 5.74) is 2.53. The van der Waals surface area contributed by atoms with E-state index in [0.717, 1.165) is 58.4 Å². The van der Waals surface area contributed by atoms with E-state index in [4.69, 9.17) is 4.74 Å². The number of hydrogen-bond acceptors (Lipinski definition) is 5. The van der Waals surface area contributed by atoms with Gasteiger partial charge in [0.05, 0.1) is 0 Å². The van der Waals surface area contributed by atoms with Crippen molar-refractivity contribution in [2.45, 2.75) is 77.0 Å². The van der Waals surface area contributed by atoms with Crippen molar-refractivity contribution in [3.63, 3.8) is 0 Å². The molecule has 4 aliphatic rings. The Morgan fingerprint density at radius 3 is 2.22 bits per heavy atom. The molecule has 2 aromatic rings. The Kier molecular flexibility index (Phi) is 7.83. The second kappa shape index (κ2) is 11.4. The van der Waals surface area contributed by atoms with Crippen LogP contribution in [0.2, 0.25) is 0 Å². The van der Waals surface area contributed by atoms with Gasteiger partial charge in [0.25, 0.3) is 0 Å². The lowest BCUT2D eigenvalue weighted by atomic mass is 9.79. The van der Waals surface area contributed by atoms with Gasteiger partial charge in [-0.3, -0.25) is 9.69 Å². The first-order valence-corrected chi connectivity index (χ1v) is 15.0. The molecule has 0 saturated carbocycles. The summed E-state index contributed by atoms with van der Waals surface area (Å²) in [5.74, 6) is 2.36. The minimum absolute atomic E-state index is 0.0275. The average Bonchev–Trinajstić information content (AvgIpc) is 3.33. The molecule has 0 radical (unpaired) electrons. The minimum Gasteiger partial charge on any atom is -0.490 e. The molecular formula is C32H40F3N3O3. The van der Waals surface area contributed by atoms with E-state index in [9.17, 15) is 18.0 Å². The fourth-order valence-electron chi connectivity index (χ4n) is 7.64. The number of benzene rings is 2. The summed E-state index contributed by atoms with van der Waals surface area (Å²) in [6, 6.07) is 15.4. The SMILES string of the molecule is CC(C)[C@H]1CC2CN(Cc3ccc(N4CCC(Oc5ccc(OC(F)(F)F)cc5)CC4)cc3)C[C@H]3CCC(=O)N1C23. The van der Waals surface area contributed by atoms with Gasteiger partial charge in [0, 0.05) is 69.8 Å². The Morgan fingerprint density at radius 2 is 1.56 bits per heavy atom. The van der Waals surface area contributed by atoms with Crippen LogP contribution in [0.1, 0.15) is 51.5 Å². The Labute approximate surface area is 240 Å². The molecule has 0 spiro atoms. The molecule has 41 heavy (non-hydrogen) atoms. The van der Waals surface area contributed by atoms with Crippen molar-refractivity contribution in [2.75, 3.05) is 31.1 Å². The molecule has 2 unspecified atom stereocenters. The van der Waals surface area contributed by atoms with Gasteiger partial charge in [-0.25, -0.2) is 0 Å². The molecule has 1 amide bonds. The molecule has 6 nitrogen and oxygen atoms in total. The fourth-order valence-corrected chi connectivity index (χ4v) is 7.64. The number of carbonyl (C=O) groups excluding carboxylic acids is 1. The molecule has 6 rings (SSSR count). The molecule has 0 bridgehead atoms. The highest BCUT2D eigenvalue weighted by Gasteiger charge is 2.52. The smallest absolute Gasteiger partial charge is 0.490 e. The maximum absolute atomic E-state index is 12.8. The van der Waals surface area contributed by atoms with Gasteiger partial charge in [0.15, 0.2) is 0 Å². The number of carbonyl (C=O) groups is 1. The molecule has 0 N–H and O–H groups in total. The number of amides is 1. The van der Waals surface area contributed by atoms with Crippen LogP contribution >= 0.6 is 0 Å². The van der Waals surface area contributed by atoms with Crippen LogP contribution in [0.5, 0.6) is 11.5 Å². The van der Waals surface area contributed by atoms with E-state index in [0.29, 0.717) is 47.9 Å². The molecule has 4 aliphatic heterocycles. The van der Waals surface area contributed by atoms with Crippen LogP contribution in [0.15, 0.2) is 48.5 Å². The maximum Gasteiger partial charge on any atom is 0.573 e. The molecule has 0 aliphatic carbocycles. The molecule has 4 atom stereocenters. The topological polar surface area (TPSA) is 45.3 Å².